The smallest absolute Gasteiger partial charge is 0.125 e. The van der Waals surface area contributed by atoms with Crippen LogP contribution >= 0.6 is 0 Å². The number of allylic oxidation sites excluding steroid dienone is 1. The van der Waals surface area contributed by atoms with Crippen molar-refractivity contribution in [3.05, 3.63) is 60.2 Å². The van der Waals surface area contributed by atoms with Crippen molar-refractivity contribution in [1.82, 2.24) is 5.32 Å². The number of hydrogen-bond acceptors (Lipinski definition) is 2. The Morgan fingerprint density at radius 3 is 2.58 bits per heavy atom. The third-order valence-corrected chi connectivity index (χ3v) is 4.51. The van der Waals surface area contributed by atoms with Gasteiger partial charge < -0.3 is 10.4 Å². The van der Waals surface area contributed by atoms with Crippen LogP contribution in [-0.4, -0.2) is 17.3 Å². The summed E-state index contributed by atoms with van der Waals surface area (Å²) in [5.41, 5.74) is 0.451. The fourth-order valence-electron chi connectivity index (χ4n) is 2.70. The van der Waals surface area contributed by atoms with Crippen molar-refractivity contribution in [3.63, 3.8) is 0 Å². The Labute approximate surface area is 145 Å². The molecule has 1 atom stereocenters. The van der Waals surface area contributed by atoms with Gasteiger partial charge in [-0.15, -0.1) is 0 Å². The molecule has 0 aliphatic carbocycles. The zero-order chi connectivity index (χ0) is 17.4. The molecule has 1 unspecified atom stereocenters. The lowest BCUT2D eigenvalue weighted by Crippen LogP contribution is -2.23. The number of rotatable bonds is 6. The van der Waals surface area contributed by atoms with Gasteiger partial charge in [-0.05, 0) is 42.2 Å². The second-order valence-corrected chi connectivity index (χ2v) is 6.11. The second-order valence-electron chi connectivity index (χ2n) is 6.11. The van der Waals surface area contributed by atoms with Crippen LogP contribution in [0.1, 0.15) is 45.2 Å². The first-order valence-corrected chi connectivity index (χ1v) is 8.70. The minimum Gasteiger partial charge on any atom is -0.378 e. The van der Waals surface area contributed by atoms with Crippen LogP contribution in [0.2, 0.25) is 0 Å². The predicted octanol–water partition coefficient (Wildman–Crippen LogP) is 4.60. The molecule has 0 amide bonds. The van der Waals surface area contributed by atoms with Crippen LogP contribution in [-0.2, 0) is 0 Å². The van der Waals surface area contributed by atoms with Gasteiger partial charge in [0.15, 0.2) is 0 Å². The second kappa shape index (κ2) is 8.68. The van der Waals surface area contributed by atoms with Gasteiger partial charge in [0, 0.05) is 12.6 Å². The molecule has 2 aromatic rings. The summed E-state index contributed by atoms with van der Waals surface area (Å²) >= 11 is 0. The van der Waals surface area contributed by atoms with E-state index in [1.165, 1.54) is 16.3 Å². The largest absolute Gasteiger partial charge is 0.378 e. The van der Waals surface area contributed by atoms with Crippen molar-refractivity contribution < 1.29 is 5.11 Å². The molecule has 0 radical (unpaired) electrons. The van der Waals surface area contributed by atoms with Crippen LogP contribution in [0.5, 0.6) is 0 Å². The molecule has 0 bridgehead atoms. The van der Waals surface area contributed by atoms with Crippen molar-refractivity contribution in [1.29, 1.82) is 0 Å². The van der Waals surface area contributed by atoms with Crippen molar-refractivity contribution >= 4 is 10.8 Å². The molecule has 2 N–H and O–H groups in total. The van der Waals surface area contributed by atoms with E-state index in [-0.39, 0.29) is 6.04 Å². The number of aliphatic hydroxyl groups is 1. The zero-order valence-electron chi connectivity index (χ0n) is 14.8. The van der Waals surface area contributed by atoms with Crippen LogP contribution in [0.4, 0.5) is 0 Å². The summed E-state index contributed by atoms with van der Waals surface area (Å²) in [6.45, 7) is 6.83. The maximum Gasteiger partial charge on any atom is 0.125 e. The van der Waals surface area contributed by atoms with E-state index in [0.29, 0.717) is 12.8 Å². The summed E-state index contributed by atoms with van der Waals surface area (Å²) in [7, 11) is 0. The summed E-state index contributed by atoms with van der Waals surface area (Å²) in [5, 5.41) is 16.2. The molecule has 0 aliphatic heterocycles. The molecule has 126 valence electrons. The number of nitrogens with one attached hydrogen (secondary N) is 1. The topological polar surface area (TPSA) is 32.3 Å². The standard InChI is InChI=1S/C22H27NO/c1-4-22(24,5-2)16-9-6-10-17-23-18(3)20-15-11-13-19-12-7-8-14-21(19)20/h6-8,10-15,18,23-24H,4-5,17H2,1-3H3/b10-6+. The minimum atomic E-state index is -0.853. The highest BCUT2D eigenvalue weighted by Gasteiger charge is 2.17. The van der Waals surface area contributed by atoms with E-state index in [2.05, 4.69) is 66.5 Å². The highest BCUT2D eigenvalue weighted by Crippen LogP contribution is 2.23. The number of fused-ring (bicyclic) bond motifs is 1. The molecule has 0 aliphatic rings. The molecule has 0 heterocycles. The fraction of sp³-hybridized carbons (Fsp3) is 0.364. The molecule has 0 spiro atoms. The van der Waals surface area contributed by atoms with Gasteiger partial charge >= 0.3 is 0 Å². The average molecular weight is 321 g/mol. The summed E-state index contributed by atoms with van der Waals surface area (Å²) in [5.74, 6) is 5.88. The Hall–Kier alpha value is -2.08. The summed E-state index contributed by atoms with van der Waals surface area (Å²) < 4.78 is 0. The summed E-state index contributed by atoms with van der Waals surface area (Å²) in [6, 6.07) is 15.1. The number of hydrogen-bond donors (Lipinski definition) is 2. The van der Waals surface area contributed by atoms with E-state index < -0.39 is 5.60 Å². The summed E-state index contributed by atoms with van der Waals surface area (Å²) in [6.07, 6.45) is 5.13. The molecular weight excluding hydrogens is 294 g/mol. The van der Waals surface area contributed by atoms with Gasteiger partial charge in [0.1, 0.15) is 5.60 Å². The quantitative estimate of drug-likeness (QED) is 0.762. The molecule has 0 fully saturated rings. The molecule has 2 nitrogen and oxygen atoms in total. The van der Waals surface area contributed by atoms with Crippen molar-refractivity contribution in [2.24, 2.45) is 0 Å². The van der Waals surface area contributed by atoms with Gasteiger partial charge in [-0.3, -0.25) is 0 Å². The van der Waals surface area contributed by atoms with Gasteiger partial charge in [-0.25, -0.2) is 0 Å². The van der Waals surface area contributed by atoms with Crippen LogP contribution in [0.15, 0.2) is 54.6 Å². The average Bonchev–Trinajstić information content (AvgIpc) is 2.63. The highest BCUT2D eigenvalue weighted by molar-refractivity contribution is 5.86. The van der Waals surface area contributed by atoms with Crippen molar-refractivity contribution in [2.75, 3.05) is 6.54 Å². The van der Waals surface area contributed by atoms with E-state index in [1.807, 2.05) is 26.0 Å². The lowest BCUT2D eigenvalue weighted by Gasteiger charge is -2.16. The Bertz CT molecular complexity index is 742. The van der Waals surface area contributed by atoms with Gasteiger partial charge in [0.05, 0.1) is 0 Å². The first-order chi connectivity index (χ1) is 11.6. The molecule has 2 heteroatoms. The lowest BCUT2D eigenvalue weighted by atomic mass is 9.98. The van der Waals surface area contributed by atoms with Crippen LogP contribution in [0.3, 0.4) is 0 Å². The molecule has 0 saturated carbocycles. The summed E-state index contributed by atoms with van der Waals surface area (Å²) in [4.78, 5) is 0. The molecule has 0 aromatic heterocycles. The first kappa shape index (κ1) is 18.3. The number of benzene rings is 2. The van der Waals surface area contributed by atoms with Crippen molar-refractivity contribution in [3.8, 4) is 11.8 Å². The molecule has 2 rings (SSSR count). The Kier molecular flexibility index (Phi) is 6.61. The van der Waals surface area contributed by atoms with Crippen LogP contribution < -0.4 is 5.32 Å². The van der Waals surface area contributed by atoms with Gasteiger partial charge in [-0.1, -0.05) is 74.2 Å². The first-order valence-electron chi connectivity index (χ1n) is 8.70. The van der Waals surface area contributed by atoms with E-state index in [4.69, 9.17) is 0 Å². The zero-order valence-corrected chi connectivity index (χ0v) is 14.8. The third kappa shape index (κ3) is 4.71. The Balaban J connectivity index is 1.95. The Morgan fingerprint density at radius 2 is 1.83 bits per heavy atom. The lowest BCUT2D eigenvalue weighted by molar-refractivity contribution is 0.0931. The van der Waals surface area contributed by atoms with Gasteiger partial charge in [0.2, 0.25) is 0 Å². The highest BCUT2D eigenvalue weighted by atomic mass is 16.3. The predicted molar refractivity (Wildman–Crippen MR) is 103 cm³/mol. The van der Waals surface area contributed by atoms with E-state index in [1.54, 1.807) is 0 Å². The van der Waals surface area contributed by atoms with Crippen LogP contribution in [0, 0.1) is 11.8 Å². The minimum absolute atomic E-state index is 0.261. The molecule has 2 aromatic carbocycles. The van der Waals surface area contributed by atoms with Crippen LogP contribution in [0.25, 0.3) is 10.8 Å². The molecule has 0 saturated heterocycles. The maximum atomic E-state index is 10.1. The maximum absolute atomic E-state index is 10.1. The fourth-order valence-corrected chi connectivity index (χ4v) is 2.70. The van der Waals surface area contributed by atoms with E-state index in [9.17, 15) is 5.11 Å². The van der Waals surface area contributed by atoms with E-state index in [0.717, 1.165) is 6.54 Å². The normalized spacial score (nSPS) is 13.0. The molecule has 24 heavy (non-hydrogen) atoms. The van der Waals surface area contributed by atoms with Gasteiger partial charge in [-0.2, -0.15) is 0 Å². The Morgan fingerprint density at radius 1 is 1.12 bits per heavy atom. The van der Waals surface area contributed by atoms with E-state index >= 15 is 0 Å². The third-order valence-electron chi connectivity index (χ3n) is 4.51. The monoisotopic (exact) mass is 321 g/mol. The SMILES string of the molecule is CCC(O)(C#C/C=C/CNC(C)c1cccc2ccccc12)CC. The molecular formula is C22H27NO. The van der Waals surface area contributed by atoms with Crippen molar-refractivity contribution in [2.45, 2.75) is 45.3 Å². The van der Waals surface area contributed by atoms with Gasteiger partial charge in [0.25, 0.3) is 0 Å².